The van der Waals surface area contributed by atoms with E-state index in [4.69, 9.17) is 0 Å². The van der Waals surface area contributed by atoms with E-state index in [1.165, 1.54) is 6.92 Å². The first-order valence-electron chi connectivity index (χ1n) is 7.67. The van der Waals surface area contributed by atoms with Crippen molar-refractivity contribution in [3.63, 3.8) is 0 Å². The van der Waals surface area contributed by atoms with E-state index in [1.54, 1.807) is 11.8 Å². The fourth-order valence-electron chi connectivity index (χ4n) is 3.03. The molecule has 0 saturated carbocycles. The summed E-state index contributed by atoms with van der Waals surface area (Å²) in [5.74, 6) is 0.480. The molecule has 2 saturated heterocycles. The molecule has 2 aliphatic heterocycles. The monoisotopic (exact) mass is 335 g/mol. The number of amidine groups is 1. The predicted octanol–water partition coefficient (Wildman–Crippen LogP) is 0.200. The van der Waals surface area contributed by atoms with Crippen LogP contribution >= 0.6 is 11.8 Å². The second-order valence-electron chi connectivity index (χ2n) is 5.90. The van der Waals surface area contributed by atoms with Crippen molar-refractivity contribution in [2.24, 2.45) is 4.99 Å². The van der Waals surface area contributed by atoms with Crippen LogP contribution in [-0.2, 0) is 11.3 Å². The number of benzene rings is 1. The highest BCUT2D eigenvalue weighted by molar-refractivity contribution is 8.14. The number of aliphatic imine (C=N–C) groups is 1. The van der Waals surface area contributed by atoms with Crippen LogP contribution < -0.4 is 5.32 Å². The van der Waals surface area contributed by atoms with Crippen molar-refractivity contribution in [1.82, 2.24) is 10.2 Å². The van der Waals surface area contributed by atoms with Gasteiger partial charge in [-0.3, -0.25) is 9.79 Å². The SMILES string of the molecule is CC(=O)N[C@H]1CN2C(=NCc3ccccc3)SC[C@@H]2[C@@H](O)[C@H]1O. The Morgan fingerprint density at radius 2 is 2.09 bits per heavy atom. The summed E-state index contributed by atoms with van der Waals surface area (Å²) in [6.45, 7) is 2.45. The number of carbonyl (C=O) groups is 1. The van der Waals surface area contributed by atoms with Gasteiger partial charge >= 0.3 is 0 Å². The molecule has 1 aromatic carbocycles. The third kappa shape index (κ3) is 3.52. The van der Waals surface area contributed by atoms with E-state index in [2.05, 4.69) is 10.3 Å². The Bertz CT molecular complexity index is 595. The first-order valence-corrected chi connectivity index (χ1v) is 8.66. The Morgan fingerprint density at radius 1 is 1.35 bits per heavy atom. The van der Waals surface area contributed by atoms with Gasteiger partial charge in [-0.1, -0.05) is 42.1 Å². The maximum absolute atomic E-state index is 11.3. The fraction of sp³-hybridized carbons (Fsp3) is 0.500. The minimum absolute atomic E-state index is 0.158. The van der Waals surface area contributed by atoms with Gasteiger partial charge in [0.05, 0.1) is 18.6 Å². The molecule has 0 aliphatic carbocycles. The van der Waals surface area contributed by atoms with Gasteiger partial charge in [0, 0.05) is 19.2 Å². The van der Waals surface area contributed by atoms with Crippen LogP contribution in [0.5, 0.6) is 0 Å². The van der Waals surface area contributed by atoms with Crippen LogP contribution in [0.1, 0.15) is 12.5 Å². The molecule has 0 radical (unpaired) electrons. The molecule has 6 nitrogen and oxygen atoms in total. The predicted molar refractivity (Wildman–Crippen MR) is 90.2 cm³/mol. The average molecular weight is 335 g/mol. The normalized spacial score (nSPS) is 32.0. The zero-order valence-corrected chi connectivity index (χ0v) is 13.7. The van der Waals surface area contributed by atoms with Gasteiger partial charge in [0.25, 0.3) is 0 Å². The number of hydrogen-bond donors (Lipinski definition) is 3. The highest BCUT2D eigenvalue weighted by Gasteiger charge is 2.46. The summed E-state index contributed by atoms with van der Waals surface area (Å²) < 4.78 is 0. The van der Waals surface area contributed by atoms with Crippen molar-refractivity contribution in [3.8, 4) is 0 Å². The molecular weight excluding hydrogens is 314 g/mol. The topological polar surface area (TPSA) is 85.2 Å². The molecule has 23 heavy (non-hydrogen) atoms. The van der Waals surface area contributed by atoms with Crippen LogP contribution in [0.4, 0.5) is 0 Å². The second-order valence-corrected chi connectivity index (χ2v) is 6.89. The van der Waals surface area contributed by atoms with Gasteiger partial charge in [-0.2, -0.15) is 0 Å². The number of amides is 1. The number of rotatable bonds is 3. The molecule has 124 valence electrons. The third-order valence-electron chi connectivity index (χ3n) is 4.21. The summed E-state index contributed by atoms with van der Waals surface area (Å²) >= 11 is 1.59. The van der Waals surface area contributed by atoms with E-state index in [0.717, 1.165) is 10.7 Å². The molecule has 0 unspecified atom stereocenters. The van der Waals surface area contributed by atoms with E-state index in [9.17, 15) is 15.0 Å². The number of nitrogens with one attached hydrogen (secondary N) is 1. The zero-order chi connectivity index (χ0) is 16.4. The van der Waals surface area contributed by atoms with Crippen LogP contribution in [-0.4, -0.2) is 62.8 Å². The molecule has 1 aromatic rings. The van der Waals surface area contributed by atoms with Gasteiger partial charge in [-0.25, -0.2) is 0 Å². The molecule has 2 fully saturated rings. The number of aliphatic hydroxyl groups excluding tert-OH is 2. The zero-order valence-electron chi connectivity index (χ0n) is 12.9. The molecule has 0 bridgehead atoms. The van der Waals surface area contributed by atoms with Crippen LogP contribution in [0, 0.1) is 0 Å². The van der Waals surface area contributed by atoms with Gasteiger partial charge in [-0.15, -0.1) is 0 Å². The Labute approximate surface area is 139 Å². The number of hydrogen-bond acceptors (Lipinski definition) is 5. The van der Waals surface area contributed by atoms with E-state index >= 15 is 0 Å². The molecule has 7 heteroatoms. The second kappa shape index (κ2) is 6.90. The van der Waals surface area contributed by atoms with Gasteiger partial charge in [0.1, 0.15) is 12.2 Å². The molecule has 4 atom stereocenters. The Kier molecular flexibility index (Phi) is 4.89. The largest absolute Gasteiger partial charge is 0.388 e. The van der Waals surface area contributed by atoms with Crippen molar-refractivity contribution >= 4 is 22.8 Å². The van der Waals surface area contributed by atoms with Crippen molar-refractivity contribution in [3.05, 3.63) is 35.9 Å². The van der Waals surface area contributed by atoms with E-state index in [1.807, 2.05) is 35.2 Å². The highest BCUT2D eigenvalue weighted by Crippen LogP contribution is 2.32. The molecule has 2 heterocycles. The van der Waals surface area contributed by atoms with Crippen LogP contribution in [0.25, 0.3) is 0 Å². The van der Waals surface area contributed by atoms with E-state index < -0.39 is 18.2 Å². The van der Waals surface area contributed by atoms with Crippen molar-refractivity contribution in [2.45, 2.75) is 37.8 Å². The lowest BCUT2D eigenvalue weighted by molar-refractivity contribution is -0.123. The lowest BCUT2D eigenvalue weighted by Crippen LogP contribution is -2.65. The number of carbonyl (C=O) groups excluding carboxylic acids is 1. The summed E-state index contributed by atoms with van der Waals surface area (Å²) in [5.41, 5.74) is 1.13. The van der Waals surface area contributed by atoms with Crippen molar-refractivity contribution in [1.29, 1.82) is 0 Å². The molecule has 3 rings (SSSR count). The number of aliphatic hydroxyl groups is 2. The Hall–Kier alpha value is -1.57. The van der Waals surface area contributed by atoms with Crippen LogP contribution in [0.15, 0.2) is 35.3 Å². The standard InChI is InChI=1S/C16H21N3O3S/c1-10(20)18-12-8-19-13(15(22)14(12)21)9-23-16(19)17-7-11-5-3-2-4-6-11/h2-6,12-15,21-22H,7-9H2,1H3,(H,18,20)/t12-,13+,14-,15+/m0/s1. The Morgan fingerprint density at radius 3 is 2.78 bits per heavy atom. The quantitative estimate of drug-likeness (QED) is 0.735. The number of fused-ring (bicyclic) bond motifs is 1. The average Bonchev–Trinajstić information content (AvgIpc) is 2.94. The molecule has 3 N–H and O–H groups in total. The van der Waals surface area contributed by atoms with Crippen molar-refractivity contribution in [2.75, 3.05) is 12.3 Å². The first-order chi connectivity index (χ1) is 11.1. The summed E-state index contributed by atoms with van der Waals surface area (Å²) in [5, 5.41) is 24.1. The number of thioether (sulfide) groups is 1. The molecule has 1 amide bonds. The molecule has 0 aromatic heterocycles. The van der Waals surface area contributed by atoms with Crippen LogP contribution in [0.2, 0.25) is 0 Å². The summed E-state index contributed by atoms with van der Waals surface area (Å²) in [4.78, 5) is 17.9. The highest BCUT2D eigenvalue weighted by atomic mass is 32.2. The maximum atomic E-state index is 11.3. The summed E-state index contributed by atoms with van der Waals surface area (Å²) in [6, 6.07) is 9.33. The molecule has 2 aliphatic rings. The van der Waals surface area contributed by atoms with Crippen LogP contribution in [0.3, 0.4) is 0 Å². The van der Waals surface area contributed by atoms with Crippen molar-refractivity contribution < 1.29 is 15.0 Å². The smallest absolute Gasteiger partial charge is 0.217 e. The van der Waals surface area contributed by atoms with E-state index in [0.29, 0.717) is 18.8 Å². The van der Waals surface area contributed by atoms with Gasteiger partial charge < -0.3 is 20.4 Å². The van der Waals surface area contributed by atoms with E-state index in [-0.39, 0.29) is 11.9 Å². The fourth-order valence-corrected chi connectivity index (χ4v) is 4.26. The number of nitrogens with zero attached hydrogens (tertiary/aromatic N) is 2. The molecule has 0 spiro atoms. The summed E-state index contributed by atoms with van der Waals surface area (Å²) in [7, 11) is 0. The van der Waals surface area contributed by atoms with Gasteiger partial charge in [-0.05, 0) is 5.56 Å². The minimum Gasteiger partial charge on any atom is -0.388 e. The maximum Gasteiger partial charge on any atom is 0.217 e. The summed E-state index contributed by atoms with van der Waals surface area (Å²) in [6.07, 6.45) is -1.84. The molecular formula is C16H21N3O3S. The van der Waals surface area contributed by atoms with Gasteiger partial charge in [0.15, 0.2) is 5.17 Å². The first kappa shape index (κ1) is 16.3. The minimum atomic E-state index is -0.950. The lowest BCUT2D eigenvalue weighted by atomic mass is 9.93. The Balaban J connectivity index is 1.74. The third-order valence-corrected chi connectivity index (χ3v) is 5.34. The van der Waals surface area contributed by atoms with Gasteiger partial charge in [0.2, 0.25) is 5.91 Å². The number of piperidine rings is 1. The lowest BCUT2D eigenvalue weighted by Gasteiger charge is -2.42.